The number of hydrogen-bond donors (Lipinski definition) is 2. The fourth-order valence-corrected chi connectivity index (χ4v) is 2.89. The number of benzene rings is 1. The third-order valence-corrected chi connectivity index (χ3v) is 4.03. The van der Waals surface area contributed by atoms with Gasteiger partial charge in [0.05, 0.1) is 0 Å². The first kappa shape index (κ1) is 11.6. The molecule has 0 aliphatic heterocycles. The number of rotatable bonds is 3. The standard InChI is InChI=1S/C15H20N2O/c18-15(16-12-8-4-5-9-12)17-14-10-13(14)11-6-2-1-3-7-11/h1-3,6-7,12-14H,4-5,8-10H2,(H2,16,17,18). The molecule has 0 heterocycles. The zero-order chi connectivity index (χ0) is 12.4. The number of amides is 2. The minimum atomic E-state index is 0.0188. The van der Waals surface area contributed by atoms with Gasteiger partial charge in [0.2, 0.25) is 0 Å². The lowest BCUT2D eigenvalue weighted by Crippen LogP contribution is -2.42. The topological polar surface area (TPSA) is 41.1 Å². The van der Waals surface area contributed by atoms with E-state index in [0.717, 1.165) is 19.3 Å². The normalized spacial score (nSPS) is 26.9. The van der Waals surface area contributed by atoms with Crippen LogP contribution in [0.5, 0.6) is 0 Å². The van der Waals surface area contributed by atoms with Crippen molar-refractivity contribution >= 4 is 6.03 Å². The number of carbonyl (C=O) groups excluding carboxylic acids is 1. The van der Waals surface area contributed by atoms with Crippen LogP contribution in [0.25, 0.3) is 0 Å². The lowest BCUT2D eigenvalue weighted by Gasteiger charge is -2.12. The minimum absolute atomic E-state index is 0.0188. The zero-order valence-electron chi connectivity index (χ0n) is 10.6. The average Bonchev–Trinajstić information content (AvgIpc) is 2.95. The average molecular weight is 244 g/mol. The van der Waals surface area contributed by atoms with E-state index in [2.05, 4.69) is 34.9 Å². The minimum Gasteiger partial charge on any atom is -0.335 e. The van der Waals surface area contributed by atoms with Gasteiger partial charge < -0.3 is 10.6 Å². The SMILES string of the molecule is O=C(NC1CCCC1)NC1CC1c1ccccc1. The van der Waals surface area contributed by atoms with Crippen molar-refractivity contribution in [3.8, 4) is 0 Å². The summed E-state index contributed by atoms with van der Waals surface area (Å²) in [6.45, 7) is 0. The predicted octanol–water partition coefficient (Wildman–Crippen LogP) is 2.78. The van der Waals surface area contributed by atoms with Gasteiger partial charge in [-0.05, 0) is 24.8 Å². The van der Waals surface area contributed by atoms with E-state index in [-0.39, 0.29) is 6.03 Å². The maximum atomic E-state index is 11.8. The third-order valence-electron chi connectivity index (χ3n) is 4.03. The molecule has 0 saturated heterocycles. The van der Waals surface area contributed by atoms with Crippen molar-refractivity contribution in [3.63, 3.8) is 0 Å². The van der Waals surface area contributed by atoms with Gasteiger partial charge in [-0.15, -0.1) is 0 Å². The van der Waals surface area contributed by atoms with Gasteiger partial charge in [0.15, 0.2) is 0 Å². The molecule has 0 aromatic heterocycles. The van der Waals surface area contributed by atoms with E-state index in [1.165, 1.54) is 18.4 Å². The molecule has 96 valence electrons. The summed E-state index contributed by atoms with van der Waals surface area (Å²) >= 11 is 0. The molecular formula is C15H20N2O. The Labute approximate surface area is 108 Å². The third kappa shape index (κ3) is 2.66. The Bertz CT molecular complexity index is 412. The number of carbonyl (C=O) groups is 1. The van der Waals surface area contributed by atoms with Crippen LogP contribution in [0.4, 0.5) is 4.79 Å². The van der Waals surface area contributed by atoms with Crippen LogP contribution in [-0.4, -0.2) is 18.1 Å². The maximum absolute atomic E-state index is 11.8. The van der Waals surface area contributed by atoms with Crippen LogP contribution in [0.2, 0.25) is 0 Å². The summed E-state index contributed by atoms with van der Waals surface area (Å²) in [5, 5.41) is 6.15. The second-order valence-corrected chi connectivity index (χ2v) is 5.46. The van der Waals surface area contributed by atoms with Crippen molar-refractivity contribution in [2.45, 2.75) is 50.1 Å². The largest absolute Gasteiger partial charge is 0.335 e. The summed E-state index contributed by atoms with van der Waals surface area (Å²) in [6, 6.07) is 11.2. The molecule has 1 aromatic rings. The van der Waals surface area contributed by atoms with Crippen LogP contribution >= 0.6 is 0 Å². The summed E-state index contributed by atoms with van der Waals surface area (Å²) in [5.41, 5.74) is 1.34. The van der Waals surface area contributed by atoms with Crippen LogP contribution in [0, 0.1) is 0 Å². The van der Waals surface area contributed by atoms with E-state index in [4.69, 9.17) is 0 Å². The van der Waals surface area contributed by atoms with E-state index in [0.29, 0.717) is 18.0 Å². The fourth-order valence-electron chi connectivity index (χ4n) is 2.89. The molecule has 2 atom stereocenters. The molecule has 2 saturated carbocycles. The van der Waals surface area contributed by atoms with Crippen molar-refractivity contribution in [1.29, 1.82) is 0 Å². The molecular weight excluding hydrogens is 224 g/mol. The molecule has 2 aliphatic rings. The summed E-state index contributed by atoms with van der Waals surface area (Å²) in [4.78, 5) is 11.8. The second-order valence-electron chi connectivity index (χ2n) is 5.46. The summed E-state index contributed by atoms with van der Waals surface area (Å²) in [7, 11) is 0. The monoisotopic (exact) mass is 244 g/mol. The lowest BCUT2D eigenvalue weighted by atomic mass is 10.1. The molecule has 0 radical (unpaired) electrons. The van der Waals surface area contributed by atoms with E-state index in [1.807, 2.05) is 6.07 Å². The molecule has 2 N–H and O–H groups in total. The molecule has 3 nitrogen and oxygen atoms in total. The molecule has 1 aromatic carbocycles. The molecule has 2 aliphatic carbocycles. The molecule has 2 amide bonds. The smallest absolute Gasteiger partial charge is 0.315 e. The quantitative estimate of drug-likeness (QED) is 0.843. The van der Waals surface area contributed by atoms with Gasteiger partial charge in [-0.1, -0.05) is 43.2 Å². The summed E-state index contributed by atoms with van der Waals surface area (Å²) in [6.07, 6.45) is 5.85. The van der Waals surface area contributed by atoms with Crippen LogP contribution in [0.15, 0.2) is 30.3 Å². The van der Waals surface area contributed by atoms with Crippen LogP contribution in [-0.2, 0) is 0 Å². The Morgan fingerprint density at radius 3 is 2.50 bits per heavy atom. The van der Waals surface area contributed by atoms with Crippen LogP contribution < -0.4 is 10.6 Å². The highest BCUT2D eigenvalue weighted by molar-refractivity contribution is 5.75. The van der Waals surface area contributed by atoms with Gasteiger partial charge in [0.25, 0.3) is 0 Å². The van der Waals surface area contributed by atoms with Crippen LogP contribution in [0.3, 0.4) is 0 Å². The lowest BCUT2D eigenvalue weighted by molar-refractivity contribution is 0.236. The van der Waals surface area contributed by atoms with Gasteiger partial charge >= 0.3 is 6.03 Å². The first-order chi connectivity index (χ1) is 8.83. The second kappa shape index (κ2) is 5.01. The highest BCUT2D eigenvalue weighted by Crippen LogP contribution is 2.40. The van der Waals surface area contributed by atoms with Crippen molar-refractivity contribution < 1.29 is 4.79 Å². The predicted molar refractivity (Wildman–Crippen MR) is 71.5 cm³/mol. The van der Waals surface area contributed by atoms with Gasteiger partial charge in [0.1, 0.15) is 0 Å². The molecule has 18 heavy (non-hydrogen) atoms. The van der Waals surface area contributed by atoms with Gasteiger partial charge in [-0.2, -0.15) is 0 Å². The molecule has 2 unspecified atom stereocenters. The van der Waals surface area contributed by atoms with Crippen molar-refractivity contribution in [3.05, 3.63) is 35.9 Å². The molecule has 0 bridgehead atoms. The van der Waals surface area contributed by atoms with Crippen molar-refractivity contribution in [1.82, 2.24) is 10.6 Å². The van der Waals surface area contributed by atoms with E-state index in [9.17, 15) is 4.79 Å². The number of nitrogens with one attached hydrogen (secondary N) is 2. The summed E-state index contributed by atoms with van der Waals surface area (Å²) < 4.78 is 0. The Morgan fingerprint density at radius 2 is 1.78 bits per heavy atom. The Hall–Kier alpha value is -1.51. The maximum Gasteiger partial charge on any atom is 0.315 e. The van der Waals surface area contributed by atoms with E-state index >= 15 is 0 Å². The van der Waals surface area contributed by atoms with Crippen molar-refractivity contribution in [2.75, 3.05) is 0 Å². The van der Waals surface area contributed by atoms with Gasteiger partial charge in [-0.3, -0.25) is 0 Å². The Kier molecular flexibility index (Phi) is 3.22. The Morgan fingerprint density at radius 1 is 1.06 bits per heavy atom. The van der Waals surface area contributed by atoms with Crippen molar-refractivity contribution in [2.24, 2.45) is 0 Å². The first-order valence-electron chi connectivity index (χ1n) is 6.95. The molecule has 2 fully saturated rings. The zero-order valence-corrected chi connectivity index (χ0v) is 10.6. The molecule has 3 rings (SSSR count). The van der Waals surface area contributed by atoms with E-state index in [1.54, 1.807) is 0 Å². The fraction of sp³-hybridized carbons (Fsp3) is 0.533. The number of urea groups is 1. The van der Waals surface area contributed by atoms with Crippen LogP contribution in [0.1, 0.15) is 43.6 Å². The highest BCUT2D eigenvalue weighted by Gasteiger charge is 2.39. The number of hydrogen-bond acceptors (Lipinski definition) is 1. The molecule has 3 heteroatoms. The van der Waals surface area contributed by atoms with Gasteiger partial charge in [-0.25, -0.2) is 4.79 Å². The highest BCUT2D eigenvalue weighted by atomic mass is 16.2. The molecule has 0 spiro atoms. The Balaban J connectivity index is 1.46. The summed E-state index contributed by atoms with van der Waals surface area (Å²) in [5.74, 6) is 0.514. The van der Waals surface area contributed by atoms with Gasteiger partial charge in [0, 0.05) is 18.0 Å². The first-order valence-corrected chi connectivity index (χ1v) is 6.95. The van der Waals surface area contributed by atoms with E-state index < -0.39 is 0 Å².